The molecule has 0 aromatic carbocycles. The van der Waals surface area contributed by atoms with Crippen LogP contribution in [0.3, 0.4) is 0 Å². The Hall–Kier alpha value is -0.390. The molecule has 0 atom stereocenters. The van der Waals surface area contributed by atoms with E-state index >= 15 is 0 Å². The standard InChI is InChI=1S/C10H19NO3S/c1-9(2,3)11-15(13,14)10(6-7-10)5-4-8-12/h4-5,11-12H,6-8H2,1-3H3/b5-4+. The molecule has 0 unspecified atom stereocenters. The zero-order valence-corrected chi connectivity index (χ0v) is 10.3. The molecule has 0 aromatic heterocycles. The van der Waals surface area contributed by atoms with Gasteiger partial charge < -0.3 is 5.11 Å². The first kappa shape index (κ1) is 12.7. The van der Waals surface area contributed by atoms with Crippen molar-refractivity contribution < 1.29 is 13.5 Å². The normalized spacial score (nSPS) is 20.8. The van der Waals surface area contributed by atoms with E-state index in [0.29, 0.717) is 12.8 Å². The lowest BCUT2D eigenvalue weighted by Gasteiger charge is -2.23. The summed E-state index contributed by atoms with van der Waals surface area (Å²) in [5.74, 6) is 0. The summed E-state index contributed by atoms with van der Waals surface area (Å²) in [7, 11) is -3.33. The number of hydrogen-bond acceptors (Lipinski definition) is 3. The quantitative estimate of drug-likeness (QED) is 0.705. The van der Waals surface area contributed by atoms with Crippen LogP contribution in [-0.2, 0) is 10.0 Å². The minimum Gasteiger partial charge on any atom is -0.392 e. The molecule has 0 aliphatic heterocycles. The van der Waals surface area contributed by atoms with Gasteiger partial charge in [0.15, 0.2) is 0 Å². The molecule has 1 aliphatic carbocycles. The predicted molar refractivity (Wildman–Crippen MR) is 60.0 cm³/mol. The third kappa shape index (κ3) is 3.03. The van der Waals surface area contributed by atoms with Gasteiger partial charge in [0.1, 0.15) is 4.75 Å². The minimum absolute atomic E-state index is 0.118. The van der Waals surface area contributed by atoms with E-state index in [1.165, 1.54) is 6.08 Å². The van der Waals surface area contributed by atoms with E-state index < -0.39 is 20.3 Å². The van der Waals surface area contributed by atoms with Crippen LogP contribution in [0.25, 0.3) is 0 Å². The Balaban J connectivity index is 2.83. The number of aliphatic hydroxyl groups is 1. The van der Waals surface area contributed by atoms with Gasteiger partial charge in [-0.15, -0.1) is 0 Å². The van der Waals surface area contributed by atoms with E-state index in [2.05, 4.69) is 4.72 Å². The average Bonchev–Trinajstić information content (AvgIpc) is 2.76. The first-order valence-corrected chi connectivity index (χ1v) is 6.53. The summed E-state index contributed by atoms with van der Waals surface area (Å²) >= 11 is 0. The van der Waals surface area contributed by atoms with Crippen LogP contribution in [0, 0.1) is 0 Å². The van der Waals surface area contributed by atoms with Gasteiger partial charge in [-0.2, -0.15) is 0 Å². The van der Waals surface area contributed by atoms with Crippen molar-refractivity contribution in [2.24, 2.45) is 0 Å². The van der Waals surface area contributed by atoms with E-state index in [1.807, 2.05) is 20.8 Å². The molecule has 2 N–H and O–H groups in total. The smallest absolute Gasteiger partial charge is 0.221 e. The third-order valence-electron chi connectivity index (χ3n) is 2.25. The molecule has 15 heavy (non-hydrogen) atoms. The van der Waals surface area contributed by atoms with E-state index in [9.17, 15) is 8.42 Å². The summed E-state index contributed by atoms with van der Waals surface area (Å²) in [5.41, 5.74) is -0.457. The second-order valence-electron chi connectivity index (χ2n) is 5.01. The van der Waals surface area contributed by atoms with Crippen LogP contribution in [-0.4, -0.2) is 30.4 Å². The Morgan fingerprint density at radius 2 is 1.93 bits per heavy atom. The molecule has 1 aliphatic rings. The van der Waals surface area contributed by atoms with Gasteiger partial charge in [-0.3, -0.25) is 0 Å². The van der Waals surface area contributed by atoms with E-state index in [4.69, 9.17) is 5.11 Å². The van der Waals surface area contributed by atoms with Crippen LogP contribution < -0.4 is 4.72 Å². The van der Waals surface area contributed by atoms with Crippen LogP contribution in [0.2, 0.25) is 0 Å². The van der Waals surface area contributed by atoms with Crippen molar-refractivity contribution in [3.63, 3.8) is 0 Å². The van der Waals surface area contributed by atoms with Crippen molar-refractivity contribution in [3.05, 3.63) is 12.2 Å². The molecule has 1 rings (SSSR count). The zero-order valence-electron chi connectivity index (χ0n) is 9.45. The maximum atomic E-state index is 12.0. The van der Waals surface area contributed by atoms with E-state index in [1.54, 1.807) is 6.08 Å². The van der Waals surface area contributed by atoms with Crippen LogP contribution >= 0.6 is 0 Å². The lowest BCUT2D eigenvalue weighted by Crippen LogP contribution is -2.45. The van der Waals surface area contributed by atoms with Crippen LogP contribution in [0.15, 0.2) is 12.2 Å². The van der Waals surface area contributed by atoms with Crippen molar-refractivity contribution in [1.29, 1.82) is 0 Å². The van der Waals surface area contributed by atoms with Gasteiger partial charge in [0.2, 0.25) is 10.0 Å². The first-order valence-electron chi connectivity index (χ1n) is 5.05. The summed E-state index contributed by atoms with van der Waals surface area (Å²) in [6, 6.07) is 0. The summed E-state index contributed by atoms with van der Waals surface area (Å²) in [6.07, 6.45) is 4.36. The highest BCUT2D eigenvalue weighted by atomic mass is 32.2. The Labute approximate surface area is 91.4 Å². The predicted octanol–water partition coefficient (Wildman–Crippen LogP) is 0.785. The Morgan fingerprint density at radius 1 is 1.40 bits per heavy atom. The fourth-order valence-electron chi connectivity index (χ4n) is 1.42. The van der Waals surface area contributed by atoms with Crippen molar-refractivity contribution in [1.82, 2.24) is 4.72 Å². The minimum atomic E-state index is -3.33. The number of sulfonamides is 1. The molecule has 0 amide bonds. The van der Waals surface area contributed by atoms with E-state index in [-0.39, 0.29) is 6.61 Å². The highest BCUT2D eigenvalue weighted by Gasteiger charge is 2.53. The van der Waals surface area contributed by atoms with Gasteiger partial charge in [-0.05, 0) is 33.6 Å². The molecule has 1 fully saturated rings. The Morgan fingerprint density at radius 3 is 2.27 bits per heavy atom. The maximum absolute atomic E-state index is 12.0. The number of aliphatic hydroxyl groups excluding tert-OH is 1. The van der Waals surface area contributed by atoms with Gasteiger partial charge in [0, 0.05) is 5.54 Å². The van der Waals surface area contributed by atoms with Crippen LogP contribution in [0.1, 0.15) is 33.6 Å². The molecule has 0 spiro atoms. The van der Waals surface area contributed by atoms with Gasteiger partial charge in [-0.1, -0.05) is 12.2 Å². The second kappa shape index (κ2) is 3.88. The summed E-state index contributed by atoms with van der Waals surface area (Å²) in [6.45, 7) is 5.33. The van der Waals surface area contributed by atoms with Crippen molar-refractivity contribution in [2.75, 3.05) is 6.61 Å². The molecule has 0 bridgehead atoms. The largest absolute Gasteiger partial charge is 0.392 e. The highest BCUT2D eigenvalue weighted by Crippen LogP contribution is 2.44. The summed E-state index contributed by atoms with van der Waals surface area (Å²) in [4.78, 5) is 0. The number of hydrogen-bond donors (Lipinski definition) is 2. The lowest BCUT2D eigenvalue weighted by molar-refractivity contribution is 0.342. The van der Waals surface area contributed by atoms with Crippen molar-refractivity contribution >= 4 is 10.0 Å². The molecule has 0 aromatic rings. The molecule has 5 heteroatoms. The Bertz CT molecular complexity index is 347. The van der Waals surface area contributed by atoms with Gasteiger partial charge >= 0.3 is 0 Å². The average molecular weight is 233 g/mol. The number of nitrogens with one attached hydrogen (secondary N) is 1. The topological polar surface area (TPSA) is 66.4 Å². The highest BCUT2D eigenvalue weighted by molar-refractivity contribution is 7.91. The molecule has 0 radical (unpaired) electrons. The zero-order chi connectivity index (χ0) is 11.7. The third-order valence-corrected chi connectivity index (χ3v) is 4.74. The monoisotopic (exact) mass is 233 g/mol. The summed E-state index contributed by atoms with van der Waals surface area (Å²) < 4.78 is 25.9. The van der Waals surface area contributed by atoms with Crippen LogP contribution in [0.4, 0.5) is 0 Å². The first-order chi connectivity index (χ1) is 6.72. The number of rotatable bonds is 4. The lowest BCUT2D eigenvalue weighted by atomic mass is 10.1. The summed E-state index contributed by atoms with van der Waals surface area (Å²) in [5, 5.41) is 8.65. The maximum Gasteiger partial charge on any atom is 0.221 e. The fraction of sp³-hybridized carbons (Fsp3) is 0.800. The van der Waals surface area contributed by atoms with Crippen molar-refractivity contribution in [3.8, 4) is 0 Å². The van der Waals surface area contributed by atoms with Gasteiger partial charge in [0.25, 0.3) is 0 Å². The second-order valence-corrected chi connectivity index (χ2v) is 7.03. The SMILES string of the molecule is CC(C)(C)NS(=O)(=O)C1(/C=C/CO)CC1. The van der Waals surface area contributed by atoms with Crippen LogP contribution in [0.5, 0.6) is 0 Å². The molecular formula is C10H19NO3S. The fourth-order valence-corrected chi connectivity index (χ4v) is 3.34. The molecule has 1 saturated carbocycles. The Kier molecular flexibility index (Phi) is 3.28. The van der Waals surface area contributed by atoms with E-state index in [0.717, 1.165) is 0 Å². The van der Waals surface area contributed by atoms with Gasteiger partial charge in [0.05, 0.1) is 6.61 Å². The van der Waals surface area contributed by atoms with Gasteiger partial charge in [-0.25, -0.2) is 13.1 Å². The molecule has 4 nitrogen and oxygen atoms in total. The molecule has 0 heterocycles. The van der Waals surface area contributed by atoms with Crippen molar-refractivity contribution in [2.45, 2.75) is 43.9 Å². The molecular weight excluding hydrogens is 214 g/mol. The molecule has 0 saturated heterocycles. The molecule has 88 valence electrons.